The molecule has 90 valence electrons. The van der Waals surface area contributed by atoms with Gasteiger partial charge in [0.1, 0.15) is 0 Å². The standard InChI is InChI=1S/C15H30/c1-6-9-14(8-3)12-15(14,10-7-2)11-13(4)5/h13H,6-12H2,1-5H3. The van der Waals surface area contributed by atoms with Crippen LogP contribution in [-0.2, 0) is 0 Å². The van der Waals surface area contributed by atoms with E-state index in [-0.39, 0.29) is 0 Å². The highest BCUT2D eigenvalue weighted by atomic mass is 14.7. The summed E-state index contributed by atoms with van der Waals surface area (Å²) in [5.74, 6) is 0.877. The van der Waals surface area contributed by atoms with Crippen molar-refractivity contribution in [2.75, 3.05) is 0 Å². The molecule has 1 aliphatic rings. The van der Waals surface area contributed by atoms with Crippen molar-refractivity contribution in [3.8, 4) is 0 Å². The normalized spacial score (nSPS) is 34.8. The van der Waals surface area contributed by atoms with Crippen molar-refractivity contribution in [2.24, 2.45) is 16.7 Å². The molecule has 0 aliphatic heterocycles. The van der Waals surface area contributed by atoms with Crippen molar-refractivity contribution in [1.82, 2.24) is 0 Å². The Morgan fingerprint density at radius 1 is 0.933 bits per heavy atom. The van der Waals surface area contributed by atoms with E-state index in [0.717, 1.165) is 16.7 Å². The summed E-state index contributed by atoms with van der Waals surface area (Å²) in [4.78, 5) is 0. The molecule has 0 aromatic carbocycles. The predicted molar refractivity (Wildman–Crippen MR) is 69.0 cm³/mol. The smallest absolute Gasteiger partial charge is 0.0233 e. The fourth-order valence-corrected chi connectivity index (χ4v) is 4.12. The van der Waals surface area contributed by atoms with Crippen molar-refractivity contribution in [3.63, 3.8) is 0 Å². The van der Waals surface area contributed by atoms with Gasteiger partial charge in [0.05, 0.1) is 0 Å². The summed E-state index contributed by atoms with van der Waals surface area (Å²) in [7, 11) is 0. The molecule has 0 aromatic heterocycles. The van der Waals surface area contributed by atoms with E-state index >= 15 is 0 Å². The minimum Gasteiger partial charge on any atom is -0.0654 e. The summed E-state index contributed by atoms with van der Waals surface area (Å²) in [5, 5.41) is 0. The van der Waals surface area contributed by atoms with Gasteiger partial charge in [-0.05, 0) is 48.9 Å². The molecule has 2 unspecified atom stereocenters. The summed E-state index contributed by atoms with van der Waals surface area (Å²) in [6.07, 6.45) is 10.1. The predicted octanol–water partition coefficient (Wildman–Crippen LogP) is 5.42. The second-order valence-electron chi connectivity index (χ2n) is 6.19. The Morgan fingerprint density at radius 3 is 1.87 bits per heavy atom. The van der Waals surface area contributed by atoms with Gasteiger partial charge in [-0.2, -0.15) is 0 Å². The lowest BCUT2D eigenvalue weighted by atomic mass is 9.79. The Labute approximate surface area is 96.8 Å². The van der Waals surface area contributed by atoms with E-state index in [0.29, 0.717) is 0 Å². The van der Waals surface area contributed by atoms with Crippen LogP contribution in [0.1, 0.15) is 79.6 Å². The lowest BCUT2D eigenvalue weighted by Gasteiger charge is -2.26. The number of hydrogen-bond donors (Lipinski definition) is 0. The Kier molecular flexibility index (Phi) is 4.26. The van der Waals surface area contributed by atoms with Crippen LogP contribution in [0.15, 0.2) is 0 Å². The van der Waals surface area contributed by atoms with Gasteiger partial charge in [0.25, 0.3) is 0 Å². The summed E-state index contributed by atoms with van der Waals surface area (Å²) < 4.78 is 0. The molecule has 1 aliphatic carbocycles. The first-order valence-electron chi connectivity index (χ1n) is 7.06. The van der Waals surface area contributed by atoms with E-state index in [1.807, 2.05) is 0 Å². The third-order valence-electron chi connectivity index (χ3n) is 4.61. The Hall–Kier alpha value is 0. The fourth-order valence-electron chi connectivity index (χ4n) is 4.12. The zero-order valence-electron chi connectivity index (χ0n) is 11.5. The van der Waals surface area contributed by atoms with Gasteiger partial charge in [-0.15, -0.1) is 0 Å². The van der Waals surface area contributed by atoms with Gasteiger partial charge in [0, 0.05) is 0 Å². The first-order valence-corrected chi connectivity index (χ1v) is 7.06. The number of hydrogen-bond acceptors (Lipinski definition) is 0. The van der Waals surface area contributed by atoms with Gasteiger partial charge >= 0.3 is 0 Å². The van der Waals surface area contributed by atoms with Crippen LogP contribution in [0.25, 0.3) is 0 Å². The molecule has 0 aromatic rings. The molecule has 0 heterocycles. The third-order valence-corrected chi connectivity index (χ3v) is 4.61. The third kappa shape index (κ3) is 2.40. The first kappa shape index (κ1) is 13.1. The average Bonchev–Trinajstić information content (AvgIpc) is 2.74. The van der Waals surface area contributed by atoms with Crippen molar-refractivity contribution < 1.29 is 0 Å². The van der Waals surface area contributed by atoms with Crippen molar-refractivity contribution in [1.29, 1.82) is 0 Å². The summed E-state index contributed by atoms with van der Waals surface area (Å²) >= 11 is 0. The van der Waals surface area contributed by atoms with Crippen molar-refractivity contribution in [3.05, 3.63) is 0 Å². The zero-order valence-corrected chi connectivity index (χ0v) is 11.5. The maximum atomic E-state index is 2.41. The molecule has 0 bridgehead atoms. The first-order chi connectivity index (χ1) is 7.06. The van der Waals surface area contributed by atoms with Crippen LogP contribution >= 0.6 is 0 Å². The molecule has 0 heteroatoms. The van der Waals surface area contributed by atoms with Crippen LogP contribution < -0.4 is 0 Å². The quantitative estimate of drug-likeness (QED) is 0.526. The minimum atomic E-state index is 0.737. The zero-order chi connectivity index (χ0) is 11.5. The molecule has 2 atom stereocenters. The molecular formula is C15H30. The van der Waals surface area contributed by atoms with E-state index in [1.54, 1.807) is 0 Å². The average molecular weight is 210 g/mol. The maximum absolute atomic E-state index is 2.41. The van der Waals surface area contributed by atoms with E-state index in [2.05, 4.69) is 34.6 Å². The van der Waals surface area contributed by atoms with Gasteiger partial charge in [-0.3, -0.25) is 0 Å². The lowest BCUT2D eigenvalue weighted by Crippen LogP contribution is -2.16. The molecule has 0 saturated heterocycles. The summed E-state index contributed by atoms with van der Waals surface area (Å²) in [6.45, 7) is 11.9. The molecular weight excluding hydrogens is 180 g/mol. The van der Waals surface area contributed by atoms with E-state index < -0.39 is 0 Å². The van der Waals surface area contributed by atoms with E-state index in [4.69, 9.17) is 0 Å². The van der Waals surface area contributed by atoms with E-state index in [1.165, 1.54) is 44.9 Å². The molecule has 1 fully saturated rings. The Balaban J connectivity index is 2.69. The molecule has 0 radical (unpaired) electrons. The maximum Gasteiger partial charge on any atom is -0.0233 e. The van der Waals surface area contributed by atoms with Crippen LogP contribution in [0.5, 0.6) is 0 Å². The minimum absolute atomic E-state index is 0.737. The van der Waals surface area contributed by atoms with Crippen molar-refractivity contribution >= 4 is 0 Å². The Morgan fingerprint density at radius 2 is 1.47 bits per heavy atom. The lowest BCUT2D eigenvalue weighted by molar-refractivity contribution is 0.240. The second kappa shape index (κ2) is 4.89. The van der Waals surface area contributed by atoms with Gasteiger partial charge < -0.3 is 0 Å². The Bertz CT molecular complexity index is 194. The molecule has 0 N–H and O–H groups in total. The van der Waals surface area contributed by atoms with Gasteiger partial charge in [-0.1, -0.05) is 47.5 Å². The van der Waals surface area contributed by atoms with Crippen LogP contribution in [-0.4, -0.2) is 0 Å². The second-order valence-corrected chi connectivity index (χ2v) is 6.19. The highest BCUT2D eigenvalue weighted by molar-refractivity contribution is 5.13. The van der Waals surface area contributed by atoms with Gasteiger partial charge in [-0.25, -0.2) is 0 Å². The number of rotatable bonds is 7. The highest BCUT2D eigenvalue weighted by Gasteiger charge is 2.63. The highest BCUT2D eigenvalue weighted by Crippen LogP contribution is 2.73. The fraction of sp³-hybridized carbons (Fsp3) is 1.00. The van der Waals surface area contributed by atoms with Crippen LogP contribution in [0.3, 0.4) is 0 Å². The van der Waals surface area contributed by atoms with Gasteiger partial charge in [0.15, 0.2) is 0 Å². The molecule has 1 saturated carbocycles. The monoisotopic (exact) mass is 210 g/mol. The SMILES string of the molecule is CCCC1(CC)CC1(CCC)CC(C)C. The van der Waals surface area contributed by atoms with Crippen LogP contribution in [0.4, 0.5) is 0 Å². The summed E-state index contributed by atoms with van der Waals surface area (Å²) in [5.41, 5.74) is 1.47. The topological polar surface area (TPSA) is 0 Å². The van der Waals surface area contributed by atoms with Crippen LogP contribution in [0, 0.1) is 16.7 Å². The molecule has 0 nitrogen and oxygen atoms in total. The molecule has 15 heavy (non-hydrogen) atoms. The van der Waals surface area contributed by atoms with Gasteiger partial charge in [0.2, 0.25) is 0 Å². The largest absolute Gasteiger partial charge is 0.0654 e. The molecule has 0 spiro atoms. The van der Waals surface area contributed by atoms with E-state index in [9.17, 15) is 0 Å². The van der Waals surface area contributed by atoms with Crippen LogP contribution in [0.2, 0.25) is 0 Å². The molecule has 0 amide bonds. The summed E-state index contributed by atoms with van der Waals surface area (Å²) in [6, 6.07) is 0. The van der Waals surface area contributed by atoms with Crippen molar-refractivity contribution in [2.45, 2.75) is 79.6 Å². The molecule has 1 rings (SSSR count).